The Bertz CT molecular complexity index is 1070. The average Bonchev–Trinajstić information content (AvgIpc) is 3.09. The number of hydrogen-bond donors (Lipinski definition) is 1. The molecule has 0 aliphatic heterocycles. The smallest absolute Gasteiger partial charge is 0.311 e. The Morgan fingerprint density at radius 2 is 2.07 bits per heavy atom. The highest BCUT2D eigenvalue weighted by molar-refractivity contribution is 5.90. The van der Waals surface area contributed by atoms with Gasteiger partial charge in [0.1, 0.15) is 11.9 Å². The summed E-state index contributed by atoms with van der Waals surface area (Å²) in [5.41, 5.74) is 3.92. The molecule has 1 heterocycles. The first-order chi connectivity index (χ1) is 13.0. The van der Waals surface area contributed by atoms with Crippen molar-refractivity contribution >= 4 is 28.7 Å². The number of nitrogens with one attached hydrogen (secondary N) is 1. The summed E-state index contributed by atoms with van der Waals surface area (Å²) >= 11 is 0. The number of allylic oxidation sites excluding steroid dienone is 1. The van der Waals surface area contributed by atoms with Crippen LogP contribution in [0.5, 0.6) is 11.5 Å². The fraction of sp³-hybridized carbons (Fsp3) is 0.190. The monoisotopic (exact) mass is 361 g/mol. The maximum atomic E-state index is 11.5. The third-order valence-corrected chi connectivity index (χ3v) is 4.02. The van der Waals surface area contributed by atoms with E-state index in [1.165, 1.54) is 7.11 Å². The van der Waals surface area contributed by atoms with Crippen LogP contribution in [-0.4, -0.2) is 23.0 Å². The van der Waals surface area contributed by atoms with E-state index in [2.05, 4.69) is 16.0 Å². The van der Waals surface area contributed by atoms with Crippen molar-refractivity contribution in [3.8, 4) is 17.6 Å². The molecule has 0 fully saturated rings. The van der Waals surface area contributed by atoms with Gasteiger partial charge < -0.3 is 14.5 Å². The summed E-state index contributed by atoms with van der Waals surface area (Å²) in [6.45, 7) is 3.72. The van der Waals surface area contributed by atoms with Gasteiger partial charge in [-0.3, -0.25) is 4.79 Å². The predicted molar refractivity (Wildman–Crippen MR) is 103 cm³/mol. The van der Waals surface area contributed by atoms with Gasteiger partial charge in [0.2, 0.25) is 0 Å². The number of aryl methyl sites for hydroxylation is 1. The summed E-state index contributed by atoms with van der Waals surface area (Å²) in [4.78, 5) is 19.2. The summed E-state index contributed by atoms with van der Waals surface area (Å²) in [6.07, 6.45) is 1.98. The second kappa shape index (κ2) is 7.75. The molecule has 0 aliphatic carbocycles. The van der Waals surface area contributed by atoms with E-state index < -0.39 is 0 Å². The molecule has 0 atom stereocenters. The third kappa shape index (κ3) is 3.98. The number of aromatic amines is 1. The van der Waals surface area contributed by atoms with Gasteiger partial charge in [-0.15, -0.1) is 0 Å². The number of ether oxygens (including phenoxy) is 2. The molecular weight excluding hydrogens is 342 g/mol. The van der Waals surface area contributed by atoms with E-state index >= 15 is 0 Å². The molecule has 1 N–H and O–H groups in total. The molecule has 6 heteroatoms. The fourth-order valence-corrected chi connectivity index (χ4v) is 2.62. The highest BCUT2D eigenvalue weighted by Crippen LogP contribution is 2.30. The van der Waals surface area contributed by atoms with Crippen LogP contribution < -0.4 is 9.47 Å². The van der Waals surface area contributed by atoms with Crippen molar-refractivity contribution in [3.63, 3.8) is 0 Å². The van der Waals surface area contributed by atoms with Crippen LogP contribution in [0.1, 0.15) is 30.3 Å². The standard InChI is InChI=1S/C21H19N3O3/c1-4-20(25)27-18-8-6-14(11-19(18)26-3)10-15(12-22)21-23-16-7-5-13(2)9-17(16)24-21/h5-11H,4H2,1-3H3,(H,23,24). The SMILES string of the molecule is CCC(=O)Oc1ccc(C=C(C#N)c2nc3ccc(C)cc3[nH]2)cc1OC. The fourth-order valence-electron chi connectivity index (χ4n) is 2.62. The molecule has 6 nitrogen and oxygen atoms in total. The van der Waals surface area contributed by atoms with Crippen LogP contribution in [0.3, 0.4) is 0 Å². The lowest BCUT2D eigenvalue weighted by atomic mass is 10.1. The lowest BCUT2D eigenvalue weighted by Crippen LogP contribution is -2.06. The quantitative estimate of drug-likeness (QED) is 0.417. The number of carbonyl (C=O) groups excluding carboxylic acids is 1. The number of imidazole rings is 1. The molecular formula is C21H19N3O3. The van der Waals surface area contributed by atoms with Gasteiger partial charge in [0, 0.05) is 6.42 Å². The van der Waals surface area contributed by atoms with E-state index in [4.69, 9.17) is 9.47 Å². The van der Waals surface area contributed by atoms with E-state index in [1.807, 2.05) is 25.1 Å². The van der Waals surface area contributed by atoms with Gasteiger partial charge in [0.25, 0.3) is 0 Å². The predicted octanol–water partition coefficient (Wildman–Crippen LogP) is 4.26. The average molecular weight is 361 g/mol. The van der Waals surface area contributed by atoms with Crippen molar-refractivity contribution < 1.29 is 14.3 Å². The summed E-state index contributed by atoms with van der Waals surface area (Å²) in [5.74, 6) is 0.924. The van der Waals surface area contributed by atoms with Crippen molar-refractivity contribution in [1.82, 2.24) is 9.97 Å². The normalized spacial score (nSPS) is 11.3. The highest BCUT2D eigenvalue weighted by Gasteiger charge is 2.11. The largest absolute Gasteiger partial charge is 0.493 e. The first-order valence-electron chi connectivity index (χ1n) is 8.51. The molecule has 0 unspecified atom stereocenters. The van der Waals surface area contributed by atoms with Crippen LogP contribution in [-0.2, 0) is 4.79 Å². The molecule has 0 radical (unpaired) electrons. The van der Waals surface area contributed by atoms with Gasteiger partial charge >= 0.3 is 5.97 Å². The van der Waals surface area contributed by atoms with Gasteiger partial charge in [0.15, 0.2) is 11.5 Å². The minimum absolute atomic E-state index is 0.273. The van der Waals surface area contributed by atoms with E-state index in [-0.39, 0.29) is 12.4 Å². The zero-order valence-electron chi connectivity index (χ0n) is 15.4. The molecule has 0 amide bonds. The topological polar surface area (TPSA) is 88.0 Å². The Labute approximate surface area is 157 Å². The van der Waals surface area contributed by atoms with E-state index in [0.29, 0.717) is 22.9 Å². The Morgan fingerprint density at radius 1 is 1.26 bits per heavy atom. The number of nitriles is 1. The molecule has 3 aromatic rings. The van der Waals surface area contributed by atoms with Crippen molar-refractivity contribution in [3.05, 3.63) is 53.3 Å². The second-order valence-electron chi connectivity index (χ2n) is 6.01. The summed E-state index contributed by atoms with van der Waals surface area (Å²) in [7, 11) is 1.50. The van der Waals surface area contributed by atoms with E-state index in [0.717, 1.165) is 22.2 Å². The van der Waals surface area contributed by atoms with Crippen LogP contribution in [0.25, 0.3) is 22.7 Å². The molecule has 0 saturated carbocycles. The summed E-state index contributed by atoms with van der Waals surface area (Å²) in [6, 6.07) is 13.2. The van der Waals surface area contributed by atoms with Crippen LogP contribution in [0, 0.1) is 18.3 Å². The van der Waals surface area contributed by atoms with Gasteiger partial charge in [0.05, 0.1) is 23.7 Å². The lowest BCUT2D eigenvalue weighted by molar-refractivity contribution is -0.134. The Kier molecular flexibility index (Phi) is 5.23. The van der Waals surface area contributed by atoms with Gasteiger partial charge in [-0.25, -0.2) is 4.98 Å². The molecule has 0 spiro atoms. The Morgan fingerprint density at radius 3 is 2.78 bits per heavy atom. The lowest BCUT2D eigenvalue weighted by Gasteiger charge is -2.09. The highest BCUT2D eigenvalue weighted by atomic mass is 16.6. The number of aromatic nitrogens is 2. The number of esters is 1. The number of rotatable bonds is 5. The summed E-state index contributed by atoms with van der Waals surface area (Å²) in [5, 5.41) is 9.57. The van der Waals surface area contributed by atoms with Crippen molar-refractivity contribution in [2.24, 2.45) is 0 Å². The first kappa shape index (κ1) is 18.2. The van der Waals surface area contributed by atoms with E-state index in [1.54, 1.807) is 31.2 Å². The van der Waals surface area contributed by atoms with Crippen molar-refractivity contribution in [2.45, 2.75) is 20.3 Å². The van der Waals surface area contributed by atoms with Crippen molar-refractivity contribution in [2.75, 3.05) is 7.11 Å². The first-order valence-corrected chi connectivity index (χ1v) is 8.51. The zero-order chi connectivity index (χ0) is 19.4. The van der Waals surface area contributed by atoms with Crippen LogP contribution in [0.4, 0.5) is 0 Å². The van der Waals surface area contributed by atoms with Crippen LogP contribution in [0.15, 0.2) is 36.4 Å². The molecule has 1 aromatic heterocycles. The third-order valence-electron chi connectivity index (χ3n) is 4.02. The molecule has 136 valence electrons. The van der Waals surface area contributed by atoms with Gasteiger partial charge in [-0.2, -0.15) is 5.26 Å². The van der Waals surface area contributed by atoms with Crippen LogP contribution >= 0.6 is 0 Å². The molecule has 3 rings (SSSR count). The number of fused-ring (bicyclic) bond motifs is 1. The Hall–Kier alpha value is -3.59. The maximum Gasteiger partial charge on any atom is 0.311 e. The number of nitrogens with zero attached hydrogens (tertiary/aromatic N) is 2. The van der Waals surface area contributed by atoms with Crippen LogP contribution in [0.2, 0.25) is 0 Å². The molecule has 2 aromatic carbocycles. The number of hydrogen-bond acceptors (Lipinski definition) is 5. The minimum Gasteiger partial charge on any atom is -0.493 e. The number of carbonyl (C=O) groups is 1. The Balaban J connectivity index is 1.97. The second-order valence-corrected chi connectivity index (χ2v) is 6.01. The number of benzene rings is 2. The molecule has 0 aliphatic rings. The summed E-state index contributed by atoms with van der Waals surface area (Å²) < 4.78 is 10.5. The van der Waals surface area contributed by atoms with Gasteiger partial charge in [-0.1, -0.05) is 19.1 Å². The minimum atomic E-state index is -0.341. The molecule has 27 heavy (non-hydrogen) atoms. The van der Waals surface area contributed by atoms with E-state index in [9.17, 15) is 10.1 Å². The number of methoxy groups -OCH3 is 1. The van der Waals surface area contributed by atoms with Crippen molar-refractivity contribution in [1.29, 1.82) is 5.26 Å². The maximum absolute atomic E-state index is 11.5. The molecule has 0 bridgehead atoms. The zero-order valence-corrected chi connectivity index (χ0v) is 15.4. The van der Waals surface area contributed by atoms with Gasteiger partial charge in [-0.05, 0) is 48.4 Å². The molecule has 0 saturated heterocycles. The number of H-pyrrole nitrogens is 1.